The number of anilines is 1. The van der Waals surface area contributed by atoms with Gasteiger partial charge in [-0.05, 0) is 19.1 Å². The van der Waals surface area contributed by atoms with Gasteiger partial charge in [-0.15, -0.1) is 0 Å². The van der Waals surface area contributed by atoms with Crippen LogP contribution in [0.3, 0.4) is 0 Å². The maximum Gasteiger partial charge on any atom is 0.325 e. The molecule has 98 valence electrons. The zero-order valence-electron chi connectivity index (χ0n) is 9.86. The van der Waals surface area contributed by atoms with Gasteiger partial charge in [-0.1, -0.05) is 0 Å². The SMILES string of the molecule is COc1ccc(F)c(NC(=O)NC(C)C(=O)O)c1. The molecular formula is C11H13FN2O4. The van der Waals surface area contributed by atoms with Crippen LogP contribution < -0.4 is 15.4 Å². The highest BCUT2D eigenvalue weighted by Gasteiger charge is 2.15. The second-order valence-electron chi connectivity index (χ2n) is 3.50. The van der Waals surface area contributed by atoms with E-state index < -0.39 is 23.9 Å². The first-order valence-electron chi connectivity index (χ1n) is 5.08. The zero-order chi connectivity index (χ0) is 13.7. The topological polar surface area (TPSA) is 87.7 Å². The van der Waals surface area contributed by atoms with E-state index >= 15 is 0 Å². The Morgan fingerprint density at radius 1 is 1.44 bits per heavy atom. The predicted molar refractivity (Wildman–Crippen MR) is 62.2 cm³/mol. The normalized spacial score (nSPS) is 11.5. The standard InChI is InChI=1S/C11H13FN2O4/c1-6(10(15)16)13-11(17)14-9-5-7(18-2)3-4-8(9)12/h3-6H,1-2H3,(H,15,16)(H2,13,14,17). The van der Waals surface area contributed by atoms with E-state index in [-0.39, 0.29) is 5.69 Å². The average molecular weight is 256 g/mol. The zero-order valence-corrected chi connectivity index (χ0v) is 9.86. The Balaban J connectivity index is 2.72. The molecule has 0 aliphatic heterocycles. The number of methoxy groups -OCH3 is 1. The van der Waals surface area contributed by atoms with Crippen LogP contribution in [0.4, 0.5) is 14.9 Å². The summed E-state index contributed by atoms with van der Waals surface area (Å²) in [6.07, 6.45) is 0. The number of carboxylic acid groups (broad SMARTS) is 1. The molecule has 1 aromatic carbocycles. The first-order chi connectivity index (χ1) is 8.43. The van der Waals surface area contributed by atoms with Crippen LogP contribution in [0.2, 0.25) is 0 Å². The molecule has 1 atom stereocenters. The van der Waals surface area contributed by atoms with Gasteiger partial charge in [-0.25, -0.2) is 9.18 Å². The molecule has 7 heteroatoms. The summed E-state index contributed by atoms with van der Waals surface area (Å²) < 4.78 is 18.2. The van der Waals surface area contributed by atoms with Crippen molar-refractivity contribution in [3.63, 3.8) is 0 Å². The first kappa shape index (κ1) is 13.8. The van der Waals surface area contributed by atoms with Gasteiger partial charge in [-0.2, -0.15) is 0 Å². The Bertz CT molecular complexity index is 464. The van der Waals surface area contributed by atoms with Crippen molar-refractivity contribution in [1.82, 2.24) is 5.32 Å². The van der Waals surface area contributed by atoms with Crippen molar-refractivity contribution >= 4 is 17.7 Å². The summed E-state index contributed by atoms with van der Waals surface area (Å²) in [5.41, 5.74) is -0.0931. The fraction of sp³-hybridized carbons (Fsp3) is 0.273. The highest BCUT2D eigenvalue weighted by Crippen LogP contribution is 2.20. The number of amides is 2. The lowest BCUT2D eigenvalue weighted by molar-refractivity contribution is -0.138. The van der Waals surface area contributed by atoms with Crippen molar-refractivity contribution in [1.29, 1.82) is 0 Å². The molecule has 1 rings (SSSR count). The molecule has 0 heterocycles. The van der Waals surface area contributed by atoms with Crippen molar-refractivity contribution in [2.24, 2.45) is 0 Å². The number of ether oxygens (including phenoxy) is 1. The van der Waals surface area contributed by atoms with E-state index in [1.165, 1.54) is 26.2 Å². The van der Waals surface area contributed by atoms with Gasteiger partial charge in [-0.3, -0.25) is 4.79 Å². The Morgan fingerprint density at radius 2 is 2.11 bits per heavy atom. The lowest BCUT2D eigenvalue weighted by Crippen LogP contribution is -2.41. The van der Waals surface area contributed by atoms with E-state index in [1.807, 2.05) is 0 Å². The third-order valence-corrected chi connectivity index (χ3v) is 2.14. The third-order valence-electron chi connectivity index (χ3n) is 2.14. The summed E-state index contributed by atoms with van der Waals surface area (Å²) in [4.78, 5) is 21.9. The van der Waals surface area contributed by atoms with Gasteiger partial charge in [0.15, 0.2) is 0 Å². The Hall–Kier alpha value is -2.31. The summed E-state index contributed by atoms with van der Waals surface area (Å²) >= 11 is 0. The number of carboxylic acids is 1. The number of urea groups is 1. The third kappa shape index (κ3) is 3.62. The molecule has 0 fully saturated rings. The van der Waals surface area contributed by atoms with E-state index in [1.54, 1.807) is 0 Å². The molecule has 0 radical (unpaired) electrons. The maximum atomic E-state index is 13.3. The summed E-state index contributed by atoms with van der Waals surface area (Å²) in [5, 5.41) is 12.9. The minimum atomic E-state index is -1.18. The van der Waals surface area contributed by atoms with Crippen LogP contribution in [0.1, 0.15) is 6.92 Å². The Morgan fingerprint density at radius 3 is 2.67 bits per heavy atom. The van der Waals surface area contributed by atoms with Crippen molar-refractivity contribution in [2.75, 3.05) is 12.4 Å². The molecule has 0 saturated heterocycles. The van der Waals surface area contributed by atoms with Gasteiger partial charge >= 0.3 is 12.0 Å². The van der Waals surface area contributed by atoms with Crippen molar-refractivity contribution < 1.29 is 23.8 Å². The molecule has 0 saturated carbocycles. The van der Waals surface area contributed by atoms with Gasteiger partial charge in [0, 0.05) is 6.07 Å². The number of hydrogen-bond donors (Lipinski definition) is 3. The average Bonchev–Trinajstić information content (AvgIpc) is 2.31. The molecule has 1 unspecified atom stereocenters. The van der Waals surface area contributed by atoms with Crippen LogP contribution in [0.25, 0.3) is 0 Å². The molecule has 0 spiro atoms. The number of nitrogens with one attached hydrogen (secondary N) is 2. The predicted octanol–water partition coefficient (Wildman–Crippen LogP) is 1.43. The summed E-state index contributed by atoms with van der Waals surface area (Å²) in [7, 11) is 1.41. The summed E-state index contributed by atoms with van der Waals surface area (Å²) in [6, 6.07) is 1.95. The smallest absolute Gasteiger partial charge is 0.325 e. The van der Waals surface area contributed by atoms with Crippen molar-refractivity contribution in [2.45, 2.75) is 13.0 Å². The van der Waals surface area contributed by atoms with Gasteiger partial charge in [0.1, 0.15) is 17.6 Å². The van der Waals surface area contributed by atoms with E-state index in [0.717, 1.165) is 6.07 Å². The minimum absolute atomic E-state index is 0.0931. The summed E-state index contributed by atoms with van der Waals surface area (Å²) in [5.74, 6) is -1.46. The lowest BCUT2D eigenvalue weighted by Gasteiger charge is -2.11. The van der Waals surface area contributed by atoms with Gasteiger partial charge in [0.25, 0.3) is 0 Å². The van der Waals surface area contributed by atoms with E-state index in [0.29, 0.717) is 5.75 Å². The largest absolute Gasteiger partial charge is 0.497 e. The Labute approximate surface area is 103 Å². The molecule has 3 N–H and O–H groups in total. The van der Waals surface area contributed by atoms with Crippen LogP contribution >= 0.6 is 0 Å². The quantitative estimate of drug-likeness (QED) is 0.760. The second kappa shape index (κ2) is 5.85. The second-order valence-corrected chi connectivity index (χ2v) is 3.50. The molecule has 18 heavy (non-hydrogen) atoms. The molecular weight excluding hydrogens is 243 g/mol. The van der Waals surface area contributed by atoms with Gasteiger partial charge in [0.2, 0.25) is 0 Å². The van der Waals surface area contributed by atoms with Crippen LogP contribution in [0, 0.1) is 5.82 Å². The molecule has 0 aliphatic carbocycles. The highest BCUT2D eigenvalue weighted by molar-refractivity contribution is 5.92. The molecule has 0 aliphatic rings. The van der Waals surface area contributed by atoms with E-state index in [2.05, 4.69) is 10.6 Å². The number of carbonyl (C=O) groups excluding carboxylic acids is 1. The number of hydrogen-bond acceptors (Lipinski definition) is 3. The molecule has 6 nitrogen and oxygen atoms in total. The van der Waals surface area contributed by atoms with Gasteiger partial charge < -0.3 is 20.5 Å². The molecule has 0 aromatic heterocycles. The maximum absolute atomic E-state index is 13.3. The Kier molecular flexibility index (Phi) is 4.47. The number of carbonyl (C=O) groups is 2. The van der Waals surface area contributed by atoms with E-state index in [4.69, 9.17) is 9.84 Å². The van der Waals surface area contributed by atoms with Gasteiger partial charge in [0.05, 0.1) is 12.8 Å². The number of halogens is 1. The van der Waals surface area contributed by atoms with Crippen molar-refractivity contribution in [3.05, 3.63) is 24.0 Å². The van der Waals surface area contributed by atoms with Crippen molar-refractivity contribution in [3.8, 4) is 5.75 Å². The monoisotopic (exact) mass is 256 g/mol. The van der Waals surface area contributed by atoms with Crippen LogP contribution in [-0.2, 0) is 4.79 Å². The molecule has 0 bridgehead atoms. The molecule has 2 amide bonds. The number of aliphatic carboxylic acids is 1. The lowest BCUT2D eigenvalue weighted by atomic mass is 10.3. The molecule has 1 aromatic rings. The minimum Gasteiger partial charge on any atom is -0.497 e. The fourth-order valence-corrected chi connectivity index (χ4v) is 1.14. The van der Waals surface area contributed by atoms with Crippen LogP contribution in [-0.4, -0.2) is 30.3 Å². The number of rotatable bonds is 4. The number of benzene rings is 1. The van der Waals surface area contributed by atoms with E-state index in [9.17, 15) is 14.0 Å². The van der Waals surface area contributed by atoms with Crippen LogP contribution in [0.5, 0.6) is 5.75 Å². The fourth-order valence-electron chi connectivity index (χ4n) is 1.14. The highest BCUT2D eigenvalue weighted by atomic mass is 19.1. The summed E-state index contributed by atoms with van der Waals surface area (Å²) in [6.45, 7) is 1.30. The first-order valence-corrected chi connectivity index (χ1v) is 5.08. The van der Waals surface area contributed by atoms with Crippen LogP contribution in [0.15, 0.2) is 18.2 Å².